The maximum atomic E-state index is 12.8. The van der Waals surface area contributed by atoms with Crippen molar-refractivity contribution in [2.75, 3.05) is 20.3 Å². The van der Waals surface area contributed by atoms with Gasteiger partial charge in [-0.2, -0.15) is 4.31 Å². The smallest absolute Gasteiger partial charge is 0.244 e. The summed E-state index contributed by atoms with van der Waals surface area (Å²) in [7, 11) is -2.15. The molecule has 0 aromatic heterocycles. The van der Waals surface area contributed by atoms with Crippen LogP contribution in [0.3, 0.4) is 0 Å². The van der Waals surface area contributed by atoms with E-state index in [-0.39, 0.29) is 20.9 Å². The van der Waals surface area contributed by atoms with Crippen LogP contribution in [0.2, 0.25) is 5.02 Å². The lowest BCUT2D eigenvalue weighted by molar-refractivity contribution is 0.177. The molecule has 0 spiro atoms. The molecule has 1 aliphatic carbocycles. The average Bonchev–Trinajstić information content (AvgIpc) is 3.23. The fourth-order valence-corrected chi connectivity index (χ4v) is 4.32. The van der Waals surface area contributed by atoms with Crippen molar-refractivity contribution >= 4 is 38.8 Å². The molecule has 0 atom stereocenters. The molecule has 1 aromatic carbocycles. The van der Waals surface area contributed by atoms with Crippen LogP contribution in [0, 0.1) is 0 Å². The van der Waals surface area contributed by atoms with Crippen molar-refractivity contribution in [2.45, 2.75) is 23.8 Å². The molecule has 0 radical (unpaired) electrons. The molecule has 0 bridgehead atoms. The molecule has 0 unspecified atom stereocenters. The van der Waals surface area contributed by atoms with E-state index in [1.165, 1.54) is 23.5 Å². The zero-order valence-electron chi connectivity index (χ0n) is 11.6. The zero-order valence-corrected chi connectivity index (χ0v) is 14.0. The number of halogens is 1. The van der Waals surface area contributed by atoms with Gasteiger partial charge in [-0.3, -0.25) is 0 Å². The van der Waals surface area contributed by atoms with Gasteiger partial charge in [-0.25, -0.2) is 8.42 Å². The summed E-state index contributed by atoms with van der Waals surface area (Å²) in [6, 6.07) is 4.57. The highest BCUT2D eigenvalue weighted by Gasteiger charge is 2.38. The molecule has 1 aromatic rings. The quantitative estimate of drug-likeness (QED) is 0.760. The predicted molar refractivity (Wildman–Crippen MR) is 86.1 cm³/mol. The first-order chi connectivity index (χ1) is 9.87. The maximum absolute atomic E-state index is 12.8. The third kappa shape index (κ3) is 3.73. The lowest BCUT2D eigenvalue weighted by Crippen LogP contribution is -2.36. The first-order valence-corrected chi connectivity index (χ1v) is 8.70. The Morgan fingerprint density at radius 3 is 2.71 bits per heavy atom. The van der Waals surface area contributed by atoms with Gasteiger partial charge >= 0.3 is 0 Å². The van der Waals surface area contributed by atoms with E-state index in [4.69, 9.17) is 34.3 Å². The van der Waals surface area contributed by atoms with Gasteiger partial charge in [-0.1, -0.05) is 29.9 Å². The highest BCUT2D eigenvalue weighted by atomic mass is 35.5. The van der Waals surface area contributed by atoms with E-state index in [0.717, 1.165) is 12.8 Å². The summed E-state index contributed by atoms with van der Waals surface area (Å²) in [4.78, 5) is 0.176. The van der Waals surface area contributed by atoms with Gasteiger partial charge in [0.15, 0.2) is 0 Å². The number of thiocarbonyl (C=S) groups is 1. The van der Waals surface area contributed by atoms with Gasteiger partial charge in [0, 0.05) is 25.3 Å². The van der Waals surface area contributed by atoms with Crippen molar-refractivity contribution in [1.82, 2.24) is 4.31 Å². The van der Waals surface area contributed by atoms with Crippen molar-refractivity contribution in [1.29, 1.82) is 0 Å². The van der Waals surface area contributed by atoms with E-state index in [2.05, 4.69) is 0 Å². The van der Waals surface area contributed by atoms with Gasteiger partial charge in [0.1, 0.15) is 9.88 Å². The minimum Gasteiger partial charge on any atom is -0.389 e. The number of hydrogen-bond donors (Lipinski definition) is 1. The average molecular weight is 349 g/mol. The van der Waals surface area contributed by atoms with Crippen LogP contribution in [0.4, 0.5) is 0 Å². The van der Waals surface area contributed by atoms with Crippen LogP contribution >= 0.6 is 23.8 Å². The van der Waals surface area contributed by atoms with Gasteiger partial charge in [0.2, 0.25) is 10.0 Å². The number of ether oxygens (including phenoxy) is 1. The summed E-state index contributed by atoms with van der Waals surface area (Å²) in [5.74, 6) is 0. The van der Waals surface area contributed by atoms with Crippen LogP contribution in [-0.2, 0) is 14.8 Å². The molecular formula is C13H17ClN2O3S2. The third-order valence-corrected chi connectivity index (χ3v) is 5.94. The molecule has 0 saturated heterocycles. The molecule has 1 aliphatic rings. The summed E-state index contributed by atoms with van der Waals surface area (Å²) in [5.41, 5.74) is 6.05. The summed E-state index contributed by atoms with van der Waals surface area (Å²) >= 11 is 11.0. The van der Waals surface area contributed by atoms with Gasteiger partial charge in [-0.15, -0.1) is 0 Å². The fraction of sp³-hybridized carbons (Fsp3) is 0.462. The van der Waals surface area contributed by atoms with Crippen LogP contribution in [-0.4, -0.2) is 44.0 Å². The van der Waals surface area contributed by atoms with Crippen molar-refractivity contribution in [3.63, 3.8) is 0 Å². The Morgan fingerprint density at radius 2 is 2.19 bits per heavy atom. The topological polar surface area (TPSA) is 72.6 Å². The van der Waals surface area contributed by atoms with Crippen molar-refractivity contribution in [3.05, 3.63) is 28.8 Å². The standard InChI is InChI=1S/C13H17ClN2O3S2/c1-19-7-6-16(10-3-4-10)21(17,18)12-8-9(13(15)20)2-5-11(12)14/h2,5,8,10H,3-4,6-7H2,1H3,(H2,15,20). The molecule has 5 nitrogen and oxygen atoms in total. The second-order valence-electron chi connectivity index (χ2n) is 4.85. The molecule has 0 heterocycles. The highest BCUT2D eigenvalue weighted by molar-refractivity contribution is 7.89. The minimum absolute atomic E-state index is 0.0229. The Bertz CT molecular complexity index is 645. The number of benzene rings is 1. The summed E-state index contributed by atoms with van der Waals surface area (Å²) in [6.07, 6.45) is 1.71. The van der Waals surface area contributed by atoms with Crippen molar-refractivity contribution < 1.29 is 13.2 Å². The van der Waals surface area contributed by atoms with E-state index in [9.17, 15) is 8.42 Å². The summed E-state index contributed by atoms with van der Waals surface area (Å²) < 4.78 is 32.1. The Morgan fingerprint density at radius 1 is 1.52 bits per heavy atom. The summed E-state index contributed by atoms with van der Waals surface area (Å²) in [5, 5.41) is 0.165. The Labute approximate surface area is 135 Å². The van der Waals surface area contributed by atoms with Crippen molar-refractivity contribution in [3.8, 4) is 0 Å². The van der Waals surface area contributed by atoms with E-state index >= 15 is 0 Å². The molecular weight excluding hydrogens is 332 g/mol. The Balaban J connectivity index is 2.41. The van der Waals surface area contributed by atoms with Crippen LogP contribution < -0.4 is 5.73 Å². The monoisotopic (exact) mass is 348 g/mol. The van der Waals surface area contributed by atoms with E-state index in [1.54, 1.807) is 6.07 Å². The molecule has 116 valence electrons. The second kappa shape index (κ2) is 6.58. The van der Waals surface area contributed by atoms with Gasteiger partial charge < -0.3 is 10.5 Å². The van der Waals surface area contributed by atoms with E-state index in [0.29, 0.717) is 18.7 Å². The SMILES string of the molecule is COCCN(C1CC1)S(=O)(=O)c1cc(C(N)=S)ccc1Cl. The predicted octanol–water partition coefficient (Wildman–Crippen LogP) is 1.77. The zero-order chi connectivity index (χ0) is 15.6. The molecule has 0 amide bonds. The molecule has 8 heteroatoms. The Kier molecular flexibility index (Phi) is 5.21. The number of sulfonamides is 1. The molecule has 0 aliphatic heterocycles. The van der Waals surface area contributed by atoms with E-state index < -0.39 is 10.0 Å². The molecule has 2 N–H and O–H groups in total. The van der Waals surface area contributed by atoms with Crippen LogP contribution in [0.5, 0.6) is 0 Å². The number of methoxy groups -OCH3 is 1. The molecule has 2 rings (SSSR count). The summed E-state index contributed by atoms with van der Waals surface area (Å²) in [6.45, 7) is 0.638. The first-order valence-electron chi connectivity index (χ1n) is 6.48. The highest BCUT2D eigenvalue weighted by Crippen LogP contribution is 2.34. The van der Waals surface area contributed by atoms with Crippen LogP contribution in [0.1, 0.15) is 18.4 Å². The lowest BCUT2D eigenvalue weighted by Gasteiger charge is -2.22. The van der Waals surface area contributed by atoms with Gasteiger partial charge in [-0.05, 0) is 25.0 Å². The van der Waals surface area contributed by atoms with Crippen molar-refractivity contribution in [2.24, 2.45) is 5.73 Å². The van der Waals surface area contributed by atoms with Gasteiger partial charge in [0.05, 0.1) is 11.6 Å². The number of nitrogens with two attached hydrogens (primary N) is 1. The molecule has 1 fully saturated rings. The fourth-order valence-electron chi connectivity index (χ4n) is 2.02. The number of rotatable bonds is 7. The lowest BCUT2D eigenvalue weighted by atomic mass is 10.2. The Hall–Kier alpha value is -0.730. The van der Waals surface area contributed by atoms with Crippen LogP contribution in [0.25, 0.3) is 0 Å². The van der Waals surface area contributed by atoms with Crippen LogP contribution in [0.15, 0.2) is 23.1 Å². The third-order valence-electron chi connectivity index (χ3n) is 3.27. The molecule has 21 heavy (non-hydrogen) atoms. The second-order valence-corrected chi connectivity index (χ2v) is 7.56. The normalized spacial score (nSPS) is 15.4. The number of nitrogens with zero attached hydrogens (tertiary/aromatic N) is 1. The van der Waals surface area contributed by atoms with Gasteiger partial charge in [0.25, 0.3) is 0 Å². The largest absolute Gasteiger partial charge is 0.389 e. The minimum atomic E-state index is -3.69. The first kappa shape index (κ1) is 16.6. The van der Waals surface area contributed by atoms with E-state index in [1.807, 2.05) is 0 Å². The number of hydrogen-bond acceptors (Lipinski definition) is 4. The maximum Gasteiger partial charge on any atom is 0.244 e. The molecule has 1 saturated carbocycles.